The van der Waals surface area contributed by atoms with E-state index in [2.05, 4.69) is 19.2 Å². The van der Waals surface area contributed by atoms with Crippen molar-refractivity contribution < 1.29 is 13.9 Å². The fraction of sp³-hybridized carbons (Fsp3) is 0.600. The van der Waals surface area contributed by atoms with Gasteiger partial charge in [-0.25, -0.2) is 4.39 Å². The average molecular weight is 269 g/mol. The van der Waals surface area contributed by atoms with Crippen molar-refractivity contribution in [2.75, 3.05) is 21.3 Å². The van der Waals surface area contributed by atoms with Crippen molar-refractivity contribution in [2.24, 2.45) is 5.92 Å². The topological polar surface area (TPSA) is 30.5 Å². The summed E-state index contributed by atoms with van der Waals surface area (Å²) in [6.45, 7) is 4.31. The molecule has 1 rings (SSSR count). The summed E-state index contributed by atoms with van der Waals surface area (Å²) in [7, 11) is 4.91. The first kappa shape index (κ1) is 15.8. The number of halogens is 1. The van der Waals surface area contributed by atoms with Gasteiger partial charge in [0.05, 0.1) is 14.2 Å². The van der Waals surface area contributed by atoms with Crippen molar-refractivity contribution in [3.63, 3.8) is 0 Å². The molecule has 1 N–H and O–H groups in total. The molecule has 0 aliphatic heterocycles. The summed E-state index contributed by atoms with van der Waals surface area (Å²) in [6, 6.07) is 3.09. The van der Waals surface area contributed by atoms with Gasteiger partial charge < -0.3 is 14.8 Å². The lowest BCUT2D eigenvalue weighted by Crippen LogP contribution is -2.20. The van der Waals surface area contributed by atoms with Crippen molar-refractivity contribution in [1.82, 2.24) is 5.32 Å². The largest absolute Gasteiger partial charge is 0.493 e. The van der Waals surface area contributed by atoms with Crippen LogP contribution < -0.4 is 14.8 Å². The van der Waals surface area contributed by atoms with Crippen molar-refractivity contribution in [3.8, 4) is 11.5 Å². The number of ether oxygens (including phenoxy) is 2. The Hall–Kier alpha value is -1.29. The molecule has 0 spiro atoms. The molecule has 0 bridgehead atoms. The van der Waals surface area contributed by atoms with Crippen molar-refractivity contribution in [3.05, 3.63) is 23.5 Å². The fourth-order valence-corrected chi connectivity index (χ4v) is 2.11. The molecule has 3 nitrogen and oxygen atoms in total. The van der Waals surface area contributed by atoms with Gasteiger partial charge in [0, 0.05) is 17.7 Å². The highest BCUT2D eigenvalue weighted by Crippen LogP contribution is 2.34. The molecule has 0 aliphatic rings. The Bertz CT molecular complexity index is 409. The molecule has 0 heterocycles. The van der Waals surface area contributed by atoms with Gasteiger partial charge in [-0.1, -0.05) is 20.3 Å². The molecule has 1 aromatic carbocycles. The third kappa shape index (κ3) is 3.83. The van der Waals surface area contributed by atoms with Gasteiger partial charge in [-0.05, 0) is 25.5 Å². The SMILES string of the molecule is CCC(C)CC(NC)c1cc(OC)c(OC)cc1F. The Balaban J connectivity index is 3.09. The molecule has 1 aromatic rings. The van der Waals surface area contributed by atoms with Gasteiger partial charge in [0.15, 0.2) is 11.5 Å². The third-order valence-electron chi connectivity index (χ3n) is 3.56. The number of hydrogen-bond acceptors (Lipinski definition) is 3. The number of nitrogens with one attached hydrogen (secondary N) is 1. The first-order valence-electron chi connectivity index (χ1n) is 6.65. The van der Waals surface area contributed by atoms with E-state index in [0.29, 0.717) is 23.0 Å². The van der Waals surface area contributed by atoms with Gasteiger partial charge in [-0.3, -0.25) is 0 Å². The minimum Gasteiger partial charge on any atom is -0.493 e. The van der Waals surface area contributed by atoms with Crippen LogP contribution in [0.5, 0.6) is 11.5 Å². The Kier molecular flexibility index (Phi) is 6.09. The van der Waals surface area contributed by atoms with E-state index in [4.69, 9.17) is 9.47 Å². The zero-order valence-electron chi connectivity index (χ0n) is 12.4. The van der Waals surface area contributed by atoms with Gasteiger partial charge in [-0.2, -0.15) is 0 Å². The maximum absolute atomic E-state index is 14.2. The average Bonchev–Trinajstić information content (AvgIpc) is 2.44. The highest BCUT2D eigenvalue weighted by molar-refractivity contribution is 5.44. The molecule has 0 fully saturated rings. The quantitative estimate of drug-likeness (QED) is 0.821. The van der Waals surface area contributed by atoms with Crippen LogP contribution in [0.3, 0.4) is 0 Å². The molecular weight excluding hydrogens is 245 g/mol. The van der Waals surface area contributed by atoms with Crippen LogP contribution in [0.1, 0.15) is 38.3 Å². The molecule has 0 saturated heterocycles. The molecule has 0 aromatic heterocycles. The van der Waals surface area contributed by atoms with E-state index < -0.39 is 0 Å². The van der Waals surface area contributed by atoms with Gasteiger partial charge in [-0.15, -0.1) is 0 Å². The van der Waals surface area contributed by atoms with Crippen molar-refractivity contribution in [2.45, 2.75) is 32.7 Å². The Labute approximate surface area is 115 Å². The smallest absolute Gasteiger partial charge is 0.163 e. The van der Waals surface area contributed by atoms with Crippen LogP contribution in [0.15, 0.2) is 12.1 Å². The van der Waals surface area contributed by atoms with Crippen LogP contribution in [0.25, 0.3) is 0 Å². The van der Waals surface area contributed by atoms with E-state index in [9.17, 15) is 4.39 Å². The van der Waals surface area contributed by atoms with E-state index >= 15 is 0 Å². The first-order valence-corrected chi connectivity index (χ1v) is 6.65. The standard InChI is InChI=1S/C15H24FNO2/c1-6-10(2)7-13(17-3)11-8-14(18-4)15(19-5)9-12(11)16/h8-10,13,17H,6-7H2,1-5H3. The molecule has 0 saturated carbocycles. The fourth-order valence-electron chi connectivity index (χ4n) is 2.11. The van der Waals surface area contributed by atoms with Gasteiger partial charge >= 0.3 is 0 Å². The predicted octanol–water partition coefficient (Wildman–Crippen LogP) is 3.54. The minimum absolute atomic E-state index is 0.0187. The van der Waals surface area contributed by atoms with Gasteiger partial charge in [0.25, 0.3) is 0 Å². The zero-order chi connectivity index (χ0) is 14.4. The summed E-state index contributed by atoms with van der Waals surface area (Å²) < 4.78 is 24.5. The Morgan fingerprint density at radius 2 is 1.79 bits per heavy atom. The van der Waals surface area contributed by atoms with Crippen LogP contribution in [-0.4, -0.2) is 21.3 Å². The highest BCUT2D eigenvalue weighted by atomic mass is 19.1. The van der Waals surface area contributed by atoms with Gasteiger partial charge in [0.1, 0.15) is 5.82 Å². The molecular formula is C15H24FNO2. The highest BCUT2D eigenvalue weighted by Gasteiger charge is 2.19. The summed E-state index contributed by atoms with van der Waals surface area (Å²) in [5.41, 5.74) is 0.625. The van der Waals surface area contributed by atoms with Crippen molar-refractivity contribution >= 4 is 0 Å². The molecule has 0 aliphatic carbocycles. The summed E-state index contributed by atoms with van der Waals surface area (Å²) in [5.74, 6) is 1.25. The lowest BCUT2D eigenvalue weighted by molar-refractivity contribution is 0.348. The maximum Gasteiger partial charge on any atom is 0.163 e. The number of hydrogen-bond donors (Lipinski definition) is 1. The maximum atomic E-state index is 14.2. The molecule has 2 atom stereocenters. The molecule has 2 unspecified atom stereocenters. The normalized spacial score (nSPS) is 14.0. The predicted molar refractivity (Wildman–Crippen MR) is 75.4 cm³/mol. The van der Waals surface area contributed by atoms with Crippen LogP contribution in [0.4, 0.5) is 4.39 Å². The minimum atomic E-state index is -0.264. The molecule has 108 valence electrons. The molecule has 4 heteroatoms. The molecule has 0 amide bonds. The van der Waals surface area contributed by atoms with Crippen LogP contribution >= 0.6 is 0 Å². The second-order valence-electron chi connectivity index (χ2n) is 4.82. The van der Waals surface area contributed by atoms with E-state index in [1.165, 1.54) is 13.2 Å². The molecule has 0 radical (unpaired) electrons. The number of rotatable bonds is 7. The van der Waals surface area contributed by atoms with Gasteiger partial charge in [0.2, 0.25) is 0 Å². The van der Waals surface area contributed by atoms with E-state index in [0.717, 1.165) is 12.8 Å². The lowest BCUT2D eigenvalue weighted by atomic mass is 9.94. The Morgan fingerprint density at radius 1 is 1.21 bits per heavy atom. The lowest BCUT2D eigenvalue weighted by Gasteiger charge is -2.22. The van der Waals surface area contributed by atoms with Crippen LogP contribution in [0, 0.1) is 11.7 Å². The first-order chi connectivity index (χ1) is 9.07. The summed E-state index contributed by atoms with van der Waals surface area (Å²) in [5, 5.41) is 3.18. The summed E-state index contributed by atoms with van der Waals surface area (Å²) in [6.07, 6.45) is 1.96. The number of methoxy groups -OCH3 is 2. The Morgan fingerprint density at radius 3 is 2.26 bits per heavy atom. The summed E-state index contributed by atoms with van der Waals surface area (Å²) >= 11 is 0. The van der Waals surface area contributed by atoms with E-state index in [1.54, 1.807) is 13.2 Å². The molecule has 19 heavy (non-hydrogen) atoms. The van der Waals surface area contributed by atoms with Crippen LogP contribution in [0.2, 0.25) is 0 Å². The number of benzene rings is 1. The third-order valence-corrected chi connectivity index (χ3v) is 3.56. The second kappa shape index (κ2) is 7.34. The van der Waals surface area contributed by atoms with E-state index in [-0.39, 0.29) is 11.9 Å². The van der Waals surface area contributed by atoms with E-state index in [1.807, 2.05) is 7.05 Å². The van der Waals surface area contributed by atoms with Crippen molar-refractivity contribution in [1.29, 1.82) is 0 Å². The summed E-state index contributed by atoms with van der Waals surface area (Å²) in [4.78, 5) is 0. The van der Waals surface area contributed by atoms with Crippen LogP contribution in [-0.2, 0) is 0 Å². The second-order valence-corrected chi connectivity index (χ2v) is 4.82. The zero-order valence-corrected chi connectivity index (χ0v) is 12.4. The monoisotopic (exact) mass is 269 g/mol.